The normalized spacial score (nSPS) is 9.71. The van der Waals surface area contributed by atoms with E-state index in [9.17, 15) is 4.79 Å². The molecule has 2 rings (SSSR count). The van der Waals surface area contributed by atoms with Crippen LogP contribution in [-0.2, 0) is 6.54 Å². The van der Waals surface area contributed by atoms with Crippen LogP contribution in [0.4, 0.5) is 0 Å². The molecule has 3 N–H and O–H groups in total. The SMILES string of the molecule is N#Cc1ncn(Cc2ccc(C(=O)NN)cc2Br)c1C#N. The van der Waals surface area contributed by atoms with Crippen LogP contribution < -0.4 is 11.3 Å². The van der Waals surface area contributed by atoms with Gasteiger partial charge in [0.05, 0.1) is 12.9 Å². The van der Waals surface area contributed by atoms with Crippen molar-refractivity contribution < 1.29 is 4.79 Å². The van der Waals surface area contributed by atoms with Gasteiger partial charge in [-0.05, 0) is 17.7 Å². The summed E-state index contributed by atoms with van der Waals surface area (Å²) in [5, 5.41) is 17.9. The van der Waals surface area contributed by atoms with Gasteiger partial charge in [-0.15, -0.1) is 0 Å². The molecular formula is C13H9BrN6O. The monoisotopic (exact) mass is 344 g/mol. The van der Waals surface area contributed by atoms with E-state index in [2.05, 4.69) is 26.3 Å². The summed E-state index contributed by atoms with van der Waals surface area (Å²) in [6, 6.07) is 8.81. The number of nitriles is 2. The minimum Gasteiger partial charge on any atom is -0.317 e. The number of aromatic nitrogens is 2. The molecule has 8 heteroatoms. The summed E-state index contributed by atoms with van der Waals surface area (Å²) in [5.41, 5.74) is 3.59. The van der Waals surface area contributed by atoms with Gasteiger partial charge in [-0.25, -0.2) is 10.8 Å². The van der Waals surface area contributed by atoms with Crippen molar-refractivity contribution in [2.24, 2.45) is 5.84 Å². The second kappa shape index (κ2) is 6.18. The fourth-order valence-electron chi connectivity index (χ4n) is 1.78. The largest absolute Gasteiger partial charge is 0.317 e. The summed E-state index contributed by atoms with van der Waals surface area (Å²) in [7, 11) is 0. The lowest BCUT2D eigenvalue weighted by molar-refractivity contribution is 0.0953. The van der Waals surface area contributed by atoms with E-state index >= 15 is 0 Å². The number of carbonyl (C=O) groups excluding carboxylic acids is 1. The van der Waals surface area contributed by atoms with E-state index in [1.165, 1.54) is 6.33 Å². The molecule has 0 unspecified atom stereocenters. The number of amides is 1. The van der Waals surface area contributed by atoms with Crippen molar-refractivity contribution in [2.75, 3.05) is 0 Å². The van der Waals surface area contributed by atoms with Crippen molar-refractivity contribution in [3.8, 4) is 12.1 Å². The summed E-state index contributed by atoms with van der Waals surface area (Å²) in [6.45, 7) is 0.350. The Kier molecular flexibility index (Phi) is 4.33. The number of halogens is 1. The summed E-state index contributed by atoms with van der Waals surface area (Å²) < 4.78 is 2.26. The summed E-state index contributed by atoms with van der Waals surface area (Å²) in [5.74, 6) is 4.68. The molecule has 0 aliphatic rings. The van der Waals surface area contributed by atoms with Gasteiger partial charge in [0.2, 0.25) is 0 Å². The Bertz CT molecular complexity index is 783. The lowest BCUT2D eigenvalue weighted by Gasteiger charge is -2.08. The van der Waals surface area contributed by atoms with Crippen molar-refractivity contribution in [1.29, 1.82) is 10.5 Å². The molecule has 1 heterocycles. The van der Waals surface area contributed by atoms with Crippen LogP contribution in [0.25, 0.3) is 0 Å². The van der Waals surface area contributed by atoms with Gasteiger partial charge in [-0.3, -0.25) is 10.2 Å². The number of hydrogen-bond acceptors (Lipinski definition) is 5. The first-order valence-corrected chi connectivity index (χ1v) is 6.54. The highest BCUT2D eigenvalue weighted by Crippen LogP contribution is 2.21. The zero-order chi connectivity index (χ0) is 15.4. The van der Waals surface area contributed by atoms with E-state index in [-0.39, 0.29) is 11.4 Å². The van der Waals surface area contributed by atoms with E-state index in [1.54, 1.807) is 22.8 Å². The number of nitrogens with two attached hydrogens (primary N) is 1. The molecule has 0 spiro atoms. The van der Waals surface area contributed by atoms with Crippen LogP contribution in [0.5, 0.6) is 0 Å². The van der Waals surface area contributed by atoms with E-state index in [0.29, 0.717) is 16.6 Å². The highest BCUT2D eigenvalue weighted by Gasteiger charge is 2.12. The molecular weight excluding hydrogens is 336 g/mol. The first kappa shape index (κ1) is 14.7. The number of rotatable bonds is 3. The molecule has 7 nitrogen and oxygen atoms in total. The van der Waals surface area contributed by atoms with Gasteiger partial charge in [0.25, 0.3) is 5.91 Å². The zero-order valence-electron chi connectivity index (χ0n) is 10.7. The van der Waals surface area contributed by atoms with Crippen molar-refractivity contribution >= 4 is 21.8 Å². The third kappa shape index (κ3) is 2.92. The van der Waals surface area contributed by atoms with E-state index in [1.807, 2.05) is 12.1 Å². The third-order valence-corrected chi connectivity index (χ3v) is 3.57. The maximum absolute atomic E-state index is 11.4. The second-order valence-electron chi connectivity index (χ2n) is 4.07. The van der Waals surface area contributed by atoms with Gasteiger partial charge in [0.1, 0.15) is 12.1 Å². The number of nitrogen functional groups attached to an aromatic ring is 1. The standard InChI is InChI=1S/C13H9BrN6O/c14-10-3-8(13(21)19-17)1-2-9(10)6-20-7-18-11(4-15)12(20)5-16/h1-3,7H,6,17H2,(H,19,21). The van der Waals surface area contributed by atoms with Gasteiger partial charge >= 0.3 is 0 Å². The average molecular weight is 345 g/mol. The minimum atomic E-state index is -0.394. The number of carbonyl (C=O) groups is 1. The van der Waals surface area contributed by atoms with E-state index in [0.717, 1.165) is 5.56 Å². The lowest BCUT2D eigenvalue weighted by atomic mass is 10.1. The zero-order valence-corrected chi connectivity index (χ0v) is 12.3. The minimum absolute atomic E-state index is 0.0905. The van der Waals surface area contributed by atoms with E-state index in [4.69, 9.17) is 16.4 Å². The molecule has 1 aromatic carbocycles. The number of imidazole rings is 1. The number of benzene rings is 1. The Balaban J connectivity index is 2.33. The van der Waals surface area contributed by atoms with Crippen molar-refractivity contribution in [2.45, 2.75) is 6.54 Å². The summed E-state index contributed by atoms with van der Waals surface area (Å²) in [4.78, 5) is 15.3. The molecule has 0 aliphatic carbocycles. The summed E-state index contributed by atoms with van der Waals surface area (Å²) >= 11 is 3.37. The average Bonchev–Trinajstić information content (AvgIpc) is 2.90. The highest BCUT2D eigenvalue weighted by atomic mass is 79.9. The van der Waals surface area contributed by atoms with Gasteiger partial charge in [-0.1, -0.05) is 22.0 Å². The number of nitrogens with one attached hydrogen (secondary N) is 1. The fourth-order valence-corrected chi connectivity index (χ4v) is 2.29. The molecule has 0 saturated heterocycles. The molecule has 104 valence electrons. The maximum atomic E-state index is 11.4. The van der Waals surface area contributed by atoms with Crippen LogP contribution in [0.3, 0.4) is 0 Å². The number of hydrogen-bond donors (Lipinski definition) is 2. The molecule has 0 fully saturated rings. The Hall–Kier alpha value is -2.68. The summed E-state index contributed by atoms with van der Waals surface area (Å²) in [6.07, 6.45) is 1.43. The smallest absolute Gasteiger partial charge is 0.265 e. The van der Waals surface area contributed by atoms with Crippen LogP contribution in [0.2, 0.25) is 0 Å². The van der Waals surface area contributed by atoms with Gasteiger partial charge in [0.15, 0.2) is 11.4 Å². The fraction of sp³-hybridized carbons (Fsp3) is 0.0769. The first-order chi connectivity index (χ1) is 10.1. The predicted molar refractivity (Wildman–Crippen MR) is 76.6 cm³/mol. The van der Waals surface area contributed by atoms with E-state index < -0.39 is 5.91 Å². The quantitative estimate of drug-likeness (QED) is 0.489. The predicted octanol–water partition coefficient (Wildman–Crippen LogP) is 1.04. The van der Waals surface area contributed by atoms with Crippen molar-refractivity contribution in [1.82, 2.24) is 15.0 Å². The molecule has 1 amide bonds. The Morgan fingerprint density at radius 1 is 1.43 bits per heavy atom. The number of hydrazine groups is 1. The van der Waals surface area contributed by atoms with Gasteiger partial charge < -0.3 is 4.57 Å². The molecule has 0 aliphatic heterocycles. The van der Waals surface area contributed by atoms with Crippen LogP contribution in [0.15, 0.2) is 29.0 Å². The Morgan fingerprint density at radius 2 is 2.19 bits per heavy atom. The first-order valence-electron chi connectivity index (χ1n) is 5.75. The second-order valence-corrected chi connectivity index (χ2v) is 4.93. The van der Waals surface area contributed by atoms with Crippen LogP contribution in [-0.4, -0.2) is 15.5 Å². The third-order valence-electron chi connectivity index (χ3n) is 2.84. The molecule has 0 atom stereocenters. The van der Waals surface area contributed by atoms with Gasteiger partial charge in [-0.2, -0.15) is 10.5 Å². The molecule has 21 heavy (non-hydrogen) atoms. The Morgan fingerprint density at radius 3 is 2.76 bits per heavy atom. The molecule has 1 aromatic heterocycles. The molecule has 0 bridgehead atoms. The molecule has 0 saturated carbocycles. The molecule has 0 radical (unpaired) electrons. The van der Waals surface area contributed by atoms with Crippen molar-refractivity contribution in [3.05, 3.63) is 51.5 Å². The van der Waals surface area contributed by atoms with Crippen LogP contribution in [0.1, 0.15) is 27.3 Å². The van der Waals surface area contributed by atoms with Crippen molar-refractivity contribution in [3.63, 3.8) is 0 Å². The Labute approximate surface area is 128 Å². The molecule has 2 aromatic rings. The topological polar surface area (TPSA) is 121 Å². The van der Waals surface area contributed by atoms with Gasteiger partial charge in [0, 0.05) is 10.0 Å². The van der Waals surface area contributed by atoms with Crippen LogP contribution >= 0.6 is 15.9 Å². The van der Waals surface area contributed by atoms with Crippen LogP contribution in [0, 0.1) is 22.7 Å². The highest BCUT2D eigenvalue weighted by molar-refractivity contribution is 9.10. The maximum Gasteiger partial charge on any atom is 0.265 e. The number of nitrogens with zero attached hydrogens (tertiary/aromatic N) is 4. The lowest BCUT2D eigenvalue weighted by Crippen LogP contribution is -2.29.